The molecule has 3 heterocycles. The fourth-order valence-corrected chi connectivity index (χ4v) is 3.66. The first-order valence-corrected chi connectivity index (χ1v) is 8.59. The molecule has 4 heteroatoms. The average molecular weight is 321 g/mol. The molecule has 2 N–H and O–H groups in total. The molecule has 0 unspecified atom stereocenters. The lowest BCUT2D eigenvalue weighted by Gasteiger charge is -2.17. The normalized spacial score (nSPS) is 14.1. The summed E-state index contributed by atoms with van der Waals surface area (Å²) in [5, 5.41) is 14.9. The van der Waals surface area contributed by atoms with E-state index >= 15 is 0 Å². The Morgan fingerprint density at radius 2 is 2.12 bits per heavy atom. The third kappa shape index (κ3) is 2.57. The van der Waals surface area contributed by atoms with Crippen molar-refractivity contribution in [2.24, 2.45) is 0 Å². The number of nitrogens with one attached hydrogen (secondary N) is 1. The maximum Gasteiger partial charge on any atom is 0.120 e. The Morgan fingerprint density at radius 1 is 1.25 bits per heavy atom. The largest absolute Gasteiger partial charge is 0.508 e. The number of aryl methyl sites for hydroxylation is 4. The highest BCUT2D eigenvalue weighted by Gasteiger charge is 2.20. The third-order valence-corrected chi connectivity index (χ3v) is 5.04. The number of aromatic hydroxyl groups is 1. The minimum absolute atomic E-state index is 0.378. The lowest BCUT2D eigenvalue weighted by atomic mass is 10.0. The van der Waals surface area contributed by atoms with Crippen LogP contribution in [0.5, 0.6) is 5.75 Å². The molecule has 1 aromatic carbocycles. The van der Waals surface area contributed by atoms with Crippen molar-refractivity contribution >= 4 is 10.9 Å². The van der Waals surface area contributed by atoms with E-state index in [2.05, 4.69) is 33.1 Å². The van der Waals surface area contributed by atoms with Crippen LogP contribution in [0.4, 0.5) is 0 Å². The smallest absolute Gasteiger partial charge is 0.120 e. The number of rotatable bonds is 3. The van der Waals surface area contributed by atoms with Crippen LogP contribution in [0.25, 0.3) is 10.9 Å². The Labute approximate surface area is 142 Å². The van der Waals surface area contributed by atoms with Crippen LogP contribution in [0.15, 0.2) is 30.5 Å². The molecule has 1 aliphatic heterocycles. The molecule has 0 aliphatic carbocycles. The topological polar surface area (TPSA) is 50.1 Å². The Bertz CT molecular complexity index is 894. The van der Waals surface area contributed by atoms with Gasteiger partial charge in [-0.15, -0.1) is 0 Å². The third-order valence-electron chi connectivity index (χ3n) is 5.04. The van der Waals surface area contributed by atoms with Gasteiger partial charge in [0.05, 0.1) is 5.52 Å². The molecule has 4 rings (SSSR count). The van der Waals surface area contributed by atoms with E-state index in [1.807, 2.05) is 26.1 Å². The Hall–Kier alpha value is -2.33. The Morgan fingerprint density at radius 3 is 2.92 bits per heavy atom. The minimum atomic E-state index is 0.378. The summed E-state index contributed by atoms with van der Waals surface area (Å²) in [7, 11) is 0. The van der Waals surface area contributed by atoms with Crippen LogP contribution in [0, 0.1) is 13.8 Å². The average Bonchev–Trinajstić information content (AvgIpc) is 2.88. The maximum atomic E-state index is 10.2. The van der Waals surface area contributed by atoms with Gasteiger partial charge in [-0.05, 0) is 49.1 Å². The summed E-state index contributed by atoms with van der Waals surface area (Å²) in [5.74, 6) is 0.378. The number of hydrogen-bond donors (Lipinski definition) is 2. The zero-order valence-electron chi connectivity index (χ0n) is 14.3. The number of hydrogen-bond acceptors (Lipinski definition) is 3. The van der Waals surface area contributed by atoms with Crippen molar-refractivity contribution in [2.45, 2.75) is 39.8 Å². The molecule has 1 aliphatic rings. The van der Waals surface area contributed by atoms with Gasteiger partial charge in [-0.25, -0.2) is 0 Å². The fraction of sp³-hybridized carbons (Fsp3) is 0.350. The number of aromatic nitrogens is 2. The highest BCUT2D eigenvalue weighted by atomic mass is 16.3. The molecule has 0 saturated carbocycles. The molecular weight excluding hydrogens is 298 g/mol. The van der Waals surface area contributed by atoms with E-state index < -0.39 is 0 Å². The number of nitrogens with zero attached hydrogens (tertiary/aromatic N) is 2. The van der Waals surface area contributed by atoms with Crippen molar-refractivity contribution in [3.63, 3.8) is 0 Å². The highest BCUT2D eigenvalue weighted by Crippen LogP contribution is 2.33. The van der Waals surface area contributed by atoms with Gasteiger partial charge >= 0.3 is 0 Å². The van der Waals surface area contributed by atoms with Gasteiger partial charge in [0.2, 0.25) is 0 Å². The molecule has 3 aromatic rings. The van der Waals surface area contributed by atoms with Crippen LogP contribution >= 0.6 is 0 Å². The standard InChI is InChI=1S/C20H23N3O/c1-13-9-16-17-12-21-7-5-18(17)23(19(16)10-20(13)24)8-6-15-4-3-14(2)22-11-15/h3-4,9-11,21,24H,5-8,12H2,1-2H3. The van der Waals surface area contributed by atoms with Gasteiger partial charge in [0.1, 0.15) is 5.75 Å². The first-order valence-electron chi connectivity index (χ1n) is 8.59. The monoisotopic (exact) mass is 321 g/mol. The van der Waals surface area contributed by atoms with Gasteiger partial charge in [-0.3, -0.25) is 4.98 Å². The molecule has 0 radical (unpaired) electrons. The van der Waals surface area contributed by atoms with Crippen molar-refractivity contribution in [3.05, 3.63) is 58.5 Å². The van der Waals surface area contributed by atoms with E-state index in [0.29, 0.717) is 5.75 Å². The zero-order chi connectivity index (χ0) is 16.7. The van der Waals surface area contributed by atoms with Crippen LogP contribution in [0.1, 0.15) is 28.1 Å². The fourth-order valence-electron chi connectivity index (χ4n) is 3.66. The molecule has 0 fully saturated rings. The van der Waals surface area contributed by atoms with E-state index in [0.717, 1.165) is 49.2 Å². The minimum Gasteiger partial charge on any atom is -0.508 e. The molecule has 2 aromatic heterocycles. The second-order valence-electron chi connectivity index (χ2n) is 6.72. The van der Waals surface area contributed by atoms with Gasteiger partial charge in [0.25, 0.3) is 0 Å². The first kappa shape index (κ1) is 15.2. The summed E-state index contributed by atoms with van der Waals surface area (Å²) < 4.78 is 2.39. The predicted octanol–water partition coefficient (Wildman–Crippen LogP) is 3.25. The molecule has 4 nitrogen and oxygen atoms in total. The summed E-state index contributed by atoms with van der Waals surface area (Å²) in [6, 6.07) is 8.28. The van der Waals surface area contributed by atoms with Crippen LogP contribution in [0.2, 0.25) is 0 Å². The molecular formula is C20H23N3O. The molecule has 0 saturated heterocycles. The van der Waals surface area contributed by atoms with Crippen molar-refractivity contribution in [3.8, 4) is 5.75 Å². The molecule has 0 bridgehead atoms. The van der Waals surface area contributed by atoms with Crippen LogP contribution < -0.4 is 5.32 Å². The predicted molar refractivity (Wildman–Crippen MR) is 96.4 cm³/mol. The Kier molecular flexibility index (Phi) is 3.77. The number of pyridine rings is 1. The summed E-state index contributed by atoms with van der Waals surface area (Å²) in [6.45, 7) is 6.82. The second-order valence-corrected chi connectivity index (χ2v) is 6.72. The van der Waals surface area contributed by atoms with Gasteiger partial charge in [-0.2, -0.15) is 0 Å². The quantitative estimate of drug-likeness (QED) is 0.778. The lowest BCUT2D eigenvalue weighted by Crippen LogP contribution is -2.24. The summed E-state index contributed by atoms with van der Waals surface area (Å²) in [4.78, 5) is 4.40. The highest BCUT2D eigenvalue weighted by molar-refractivity contribution is 5.88. The first-order chi connectivity index (χ1) is 11.6. The molecule has 0 amide bonds. The number of phenols is 1. The number of benzene rings is 1. The maximum absolute atomic E-state index is 10.2. The number of fused-ring (bicyclic) bond motifs is 3. The lowest BCUT2D eigenvalue weighted by molar-refractivity contribution is 0.471. The zero-order valence-corrected chi connectivity index (χ0v) is 14.3. The molecule has 24 heavy (non-hydrogen) atoms. The van der Waals surface area contributed by atoms with E-state index in [1.54, 1.807) is 0 Å². The molecule has 0 spiro atoms. The van der Waals surface area contributed by atoms with Crippen LogP contribution in [0.3, 0.4) is 0 Å². The van der Waals surface area contributed by atoms with Crippen molar-refractivity contribution in [2.75, 3.05) is 6.54 Å². The van der Waals surface area contributed by atoms with Gasteiger partial charge in [-0.1, -0.05) is 6.07 Å². The van der Waals surface area contributed by atoms with Gasteiger partial charge in [0.15, 0.2) is 0 Å². The van der Waals surface area contributed by atoms with Crippen molar-refractivity contribution < 1.29 is 5.11 Å². The van der Waals surface area contributed by atoms with Gasteiger partial charge in [0, 0.05) is 55.1 Å². The summed E-state index contributed by atoms with van der Waals surface area (Å²) in [5.41, 5.74) is 7.19. The van der Waals surface area contributed by atoms with Crippen LogP contribution in [-0.4, -0.2) is 21.2 Å². The number of phenolic OH excluding ortho intramolecular Hbond substituents is 1. The van der Waals surface area contributed by atoms with Crippen molar-refractivity contribution in [1.82, 2.24) is 14.9 Å². The van der Waals surface area contributed by atoms with E-state index in [4.69, 9.17) is 0 Å². The molecule has 0 atom stereocenters. The molecule has 124 valence electrons. The van der Waals surface area contributed by atoms with Crippen LogP contribution in [-0.2, 0) is 25.9 Å². The summed E-state index contributed by atoms with van der Waals surface area (Å²) in [6.07, 6.45) is 3.96. The van der Waals surface area contributed by atoms with Crippen molar-refractivity contribution in [1.29, 1.82) is 0 Å². The Balaban J connectivity index is 1.76. The second kappa shape index (κ2) is 5.95. The van der Waals surface area contributed by atoms with E-state index in [-0.39, 0.29) is 0 Å². The van der Waals surface area contributed by atoms with E-state index in [9.17, 15) is 5.11 Å². The van der Waals surface area contributed by atoms with Gasteiger partial charge < -0.3 is 15.0 Å². The van der Waals surface area contributed by atoms with E-state index in [1.165, 1.54) is 22.2 Å². The summed E-state index contributed by atoms with van der Waals surface area (Å²) >= 11 is 0. The SMILES string of the molecule is Cc1ccc(CCn2c3c(c4cc(C)c(O)cc42)CNCC3)cn1.